The van der Waals surface area contributed by atoms with Gasteiger partial charge in [0.25, 0.3) is 0 Å². The number of rotatable bonds is 2. The molecule has 0 atom stereocenters. The van der Waals surface area contributed by atoms with E-state index in [1.54, 1.807) is 11.4 Å². The lowest BCUT2D eigenvalue weighted by molar-refractivity contribution is 0.192. The van der Waals surface area contributed by atoms with Crippen LogP contribution in [0.3, 0.4) is 0 Å². The molecule has 0 aliphatic heterocycles. The maximum Gasteiger partial charge on any atom is 0.228 e. The van der Waals surface area contributed by atoms with Crippen LogP contribution in [0.5, 0.6) is 5.75 Å². The minimum absolute atomic E-state index is 0.421. The molecule has 1 nitrogen and oxygen atoms in total. The van der Waals surface area contributed by atoms with Crippen molar-refractivity contribution in [3.63, 3.8) is 0 Å². The summed E-state index contributed by atoms with van der Waals surface area (Å²) in [6.45, 7) is -0.823. The summed E-state index contributed by atoms with van der Waals surface area (Å²) in [6.07, 6.45) is 0. The Kier molecular flexibility index (Phi) is 2.30. The van der Waals surface area contributed by atoms with Crippen LogP contribution in [0.1, 0.15) is 0 Å². The molecule has 1 rings (SSSR count). The fourth-order valence-corrected chi connectivity index (χ4v) is 1.27. The number of ether oxygens (including phenoxy) is 1. The van der Waals surface area contributed by atoms with Crippen molar-refractivity contribution in [2.45, 2.75) is 0 Å². The van der Waals surface area contributed by atoms with Gasteiger partial charge in [-0.05, 0) is 11.4 Å². The van der Waals surface area contributed by atoms with Crippen LogP contribution in [0.2, 0.25) is 4.34 Å². The summed E-state index contributed by atoms with van der Waals surface area (Å²) in [7, 11) is 0. The third kappa shape index (κ3) is 1.56. The molecule has 4 heteroatoms. The molecule has 50 valence electrons. The molecule has 0 aliphatic rings. The van der Waals surface area contributed by atoms with E-state index in [2.05, 4.69) is 4.74 Å². The van der Waals surface area contributed by atoms with E-state index in [0.717, 1.165) is 0 Å². The maximum absolute atomic E-state index is 11.5. The van der Waals surface area contributed by atoms with Crippen molar-refractivity contribution >= 4 is 22.9 Å². The van der Waals surface area contributed by atoms with Crippen LogP contribution in [-0.2, 0) is 0 Å². The van der Waals surface area contributed by atoms with Crippen LogP contribution in [0, 0.1) is 0 Å². The zero-order valence-corrected chi connectivity index (χ0v) is 6.01. The van der Waals surface area contributed by atoms with Gasteiger partial charge in [-0.2, -0.15) is 0 Å². The average Bonchev–Trinajstić information content (AvgIpc) is 2.18. The second kappa shape index (κ2) is 3.03. The van der Waals surface area contributed by atoms with E-state index in [0.29, 0.717) is 10.1 Å². The van der Waals surface area contributed by atoms with E-state index in [1.165, 1.54) is 11.3 Å². The van der Waals surface area contributed by atoms with Crippen LogP contribution in [-0.4, -0.2) is 6.86 Å². The number of alkyl halides is 1. The molecule has 0 radical (unpaired) electrons. The predicted molar refractivity (Wildman–Crippen MR) is 35.9 cm³/mol. The van der Waals surface area contributed by atoms with Gasteiger partial charge in [0, 0.05) is 0 Å². The summed E-state index contributed by atoms with van der Waals surface area (Å²) >= 11 is 6.86. The van der Waals surface area contributed by atoms with Crippen molar-refractivity contribution in [2.24, 2.45) is 0 Å². The SMILES string of the molecule is FCOc1ccsc1Cl. The van der Waals surface area contributed by atoms with Crippen molar-refractivity contribution in [2.75, 3.05) is 6.86 Å². The molecule has 0 saturated heterocycles. The Morgan fingerprint density at radius 1 is 1.78 bits per heavy atom. The minimum atomic E-state index is -0.823. The molecule has 0 aromatic carbocycles. The molecular formula is C5H4ClFOS. The Labute approximate surface area is 61.0 Å². The van der Waals surface area contributed by atoms with Gasteiger partial charge in [0.05, 0.1) is 0 Å². The third-order valence-electron chi connectivity index (χ3n) is 0.795. The van der Waals surface area contributed by atoms with Crippen molar-refractivity contribution in [1.29, 1.82) is 0 Å². The van der Waals surface area contributed by atoms with Gasteiger partial charge in [0.1, 0.15) is 4.34 Å². The molecule has 0 fully saturated rings. The lowest BCUT2D eigenvalue weighted by Crippen LogP contribution is -1.86. The smallest absolute Gasteiger partial charge is 0.228 e. The zero-order valence-electron chi connectivity index (χ0n) is 4.43. The van der Waals surface area contributed by atoms with Gasteiger partial charge in [-0.15, -0.1) is 11.3 Å². The van der Waals surface area contributed by atoms with Gasteiger partial charge < -0.3 is 4.74 Å². The Morgan fingerprint density at radius 3 is 3.00 bits per heavy atom. The van der Waals surface area contributed by atoms with Crippen molar-refractivity contribution < 1.29 is 9.13 Å². The molecule has 1 aromatic rings. The Balaban J connectivity index is 2.69. The van der Waals surface area contributed by atoms with Crippen LogP contribution in [0.4, 0.5) is 4.39 Å². The molecule has 0 N–H and O–H groups in total. The van der Waals surface area contributed by atoms with E-state index in [9.17, 15) is 4.39 Å². The first-order valence-corrected chi connectivity index (χ1v) is 3.52. The topological polar surface area (TPSA) is 9.23 Å². The lowest BCUT2D eigenvalue weighted by atomic mass is 10.6. The summed E-state index contributed by atoms with van der Waals surface area (Å²) in [5, 5.41) is 1.74. The fourth-order valence-electron chi connectivity index (χ4n) is 0.443. The zero-order chi connectivity index (χ0) is 6.69. The van der Waals surface area contributed by atoms with Gasteiger partial charge in [0.15, 0.2) is 5.75 Å². The quantitative estimate of drug-likeness (QED) is 0.657. The molecular weight excluding hydrogens is 163 g/mol. The van der Waals surface area contributed by atoms with E-state index in [1.807, 2.05) is 0 Å². The minimum Gasteiger partial charge on any atom is -0.460 e. The van der Waals surface area contributed by atoms with E-state index < -0.39 is 6.86 Å². The molecule has 1 aromatic heterocycles. The first-order chi connectivity index (χ1) is 4.34. The molecule has 0 amide bonds. The normalized spacial score (nSPS) is 9.56. The monoisotopic (exact) mass is 166 g/mol. The van der Waals surface area contributed by atoms with E-state index in [4.69, 9.17) is 11.6 Å². The Bertz CT molecular complexity index is 189. The van der Waals surface area contributed by atoms with E-state index >= 15 is 0 Å². The summed E-state index contributed by atoms with van der Waals surface area (Å²) in [5.41, 5.74) is 0. The van der Waals surface area contributed by atoms with E-state index in [-0.39, 0.29) is 0 Å². The van der Waals surface area contributed by atoms with Crippen molar-refractivity contribution in [3.05, 3.63) is 15.8 Å². The highest BCUT2D eigenvalue weighted by atomic mass is 35.5. The molecule has 0 aliphatic carbocycles. The van der Waals surface area contributed by atoms with Crippen LogP contribution in [0.15, 0.2) is 11.4 Å². The van der Waals surface area contributed by atoms with Crippen LogP contribution < -0.4 is 4.74 Å². The molecule has 0 spiro atoms. The molecule has 0 bridgehead atoms. The van der Waals surface area contributed by atoms with Crippen molar-refractivity contribution in [1.82, 2.24) is 0 Å². The van der Waals surface area contributed by atoms with Crippen LogP contribution >= 0.6 is 22.9 Å². The van der Waals surface area contributed by atoms with Crippen molar-refractivity contribution in [3.8, 4) is 5.75 Å². The standard InChI is InChI=1S/C5H4ClFOS/c6-5-4(8-3-7)1-2-9-5/h1-2H,3H2. The third-order valence-corrected chi connectivity index (χ3v) is 1.93. The second-order valence-electron chi connectivity index (χ2n) is 1.31. The van der Waals surface area contributed by atoms with Gasteiger partial charge in [-0.3, -0.25) is 0 Å². The molecule has 1 heterocycles. The first-order valence-electron chi connectivity index (χ1n) is 2.26. The van der Waals surface area contributed by atoms with Gasteiger partial charge in [0.2, 0.25) is 6.86 Å². The molecule has 0 unspecified atom stereocenters. The number of halogens is 2. The maximum atomic E-state index is 11.5. The molecule has 9 heavy (non-hydrogen) atoms. The number of hydrogen-bond acceptors (Lipinski definition) is 2. The molecule has 0 saturated carbocycles. The summed E-state index contributed by atoms with van der Waals surface area (Å²) in [4.78, 5) is 0. The number of thiophene rings is 1. The summed E-state index contributed by atoms with van der Waals surface area (Å²) in [5.74, 6) is 0.421. The first kappa shape index (κ1) is 6.83. The second-order valence-corrected chi connectivity index (χ2v) is 2.83. The van der Waals surface area contributed by atoms with Crippen LogP contribution in [0.25, 0.3) is 0 Å². The summed E-state index contributed by atoms with van der Waals surface area (Å²) < 4.78 is 16.4. The highest BCUT2D eigenvalue weighted by Crippen LogP contribution is 2.29. The van der Waals surface area contributed by atoms with Gasteiger partial charge >= 0.3 is 0 Å². The lowest BCUT2D eigenvalue weighted by Gasteiger charge is -1.94. The fraction of sp³-hybridized carbons (Fsp3) is 0.200. The summed E-state index contributed by atoms with van der Waals surface area (Å²) in [6, 6.07) is 1.63. The van der Waals surface area contributed by atoms with Gasteiger partial charge in [-0.1, -0.05) is 11.6 Å². The van der Waals surface area contributed by atoms with Gasteiger partial charge in [-0.25, -0.2) is 4.39 Å². The predicted octanol–water partition coefficient (Wildman–Crippen LogP) is 2.71. The Hall–Kier alpha value is -0.280. The largest absolute Gasteiger partial charge is 0.460 e. The number of hydrogen-bond donors (Lipinski definition) is 0. The Morgan fingerprint density at radius 2 is 2.56 bits per heavy atom. The highest BCUT2D eigenvalue weighted by Gasteiger charge is 1.99. The average molecular weight is 167 g/mol. The highest BCUT2D eigenvalue weighted by molar-refractivity contribution is 7.14.